The summed E-state index contributed by atoms with van der Waals surface area (Å²) in [6.45, 7) is 0. The molecule has 1 N–H and O–H groups in total. The van der Waals surface area contributed by atoms with Gasteiger partial charge in [0.25, 0.3) is 0 Å². The van der Waals surface area contributed by atoms with Gasteiger partial charge in [-0.3, -0.25) is 4.79 Å². The van der Waals surface area contributed by atoms with Crippen LogP contribution in [-0.2, 0) is 4.79 Å². The van der Waals surface area contributed by atoms with Crippen LogP contribution in [0.15, 0.2) is 65.8 Å². The van der Waals surface area contributed by atoms with Gasteiger partial charge in [0.1, 0.15) is 5.25 Å². The van der Waals surface area contributed by atoms with Crippen LogP contribution in [0.4, 0.5) is 5.69 Å². The number of nitrogens with zero attached hydrogens (tertiary/aromatic N) is 4. The van der Waals surface area contributed by atoms with Crippen molar-refractivity contribution in [2.45, 2.75) is 48.6 Å². The number of rotatable bonds is 6. The van der Waals surface area contributed by atoms with Gasteiger partial charge in [0.2, 0.25) is 11.1 Å². The first-order chi connectivity index (χ1) is 13.8. The van der Waals surface area contributed by atoms with Gasteiger partial charge in [-0.2, -0.15) is 0 Å². The Morgan fingerprint density at radius 3 is 2.39 bits per heavy atom. The molecular weight excluding hydrogens is 370 g/mol. The SMILES string of the molecule is O=C(Nc1ccccc1)C(Sc1nnnn1C1CCCCC1)c1ccccc1. The monoisotopic (exact) mass is 393 g/mol. The molecule has 7 heteroatoms. The molecule has 1 aliphatic rings. The zero-order valence-corrected chi connectivity index (χ0v) is 16.4. The Kier molecular flexibility index (Phi) is 6.01. The number of thioether (sulfide) groups is 1. The van der Waals surface area contributed by atoms with E-state index in [0.29, 0.717) is 11.2 Å². The molecule has 1 heterocycles. The maximum atomic E-state index is 13.1. The first-order valence-corrected chi connectivity index (χ1v) is 10.5. The van der Waals surface area contributed by atoms with Gasteiger partial charge in [-0.05, 0) is 41.0 Å². The third kappa shape index (κ3) is 4.42. The normalized spacial score (nSPS) is 15.9. The van der Waals surface area contributed by atoms with E-state index >= 15 is 0 Å². The number of hydrogen-bond donors (Lipinski definition) is 1. The summed E-state index contributed by atoms with van der Waals surface area (Å²) in [4.78, 5) is 13.1. The Hall–Kier alpha value is -2.67. The van der Waals surface area contributed by atoms with E-state index in [0.717, 1.165) is 24.1 Å². The number of carbonyl (C=O) groups excluding carboxylic acids is 1. The average molecular weight is 394 g/mol. The molecule has 0 aliphatic heterocycles. The van der Waals surface area contributed by atoms with Gasteiger partial charge in [-0.1, -0.05) is 79.6 Å². The molecule has 1 aliphatic carbocycles. The average Bonchev–Trinajstić information content (AvgIpc) is 3.22. The van der Waals surface area contributed by atoms with Crippen LogP contribution in [0, 0.1) is 0 Å². The summed E-state index contributed by atoms with van der Waals surface area (Å²) in [7, 11) is 0. The maximum Gasteiger partial charge on any atom is 0.242 e. The second-order valence-corrected chi connectivity index (χ2v) is 8.03. The molecule has 0 spiro atoms. The van der Waals surface area contributed by atoms with Crippen molar-refractivity contribution in [1.29, 1.82) is 0 Å². The molecule has 2 aromatic carbocycles. The zero-order chi connectivity index (χ0) is 19.2. The molecule has 1 amide bonds. The lowest BCUT2D eigenvalue weighted by molar-refractivity contribution is -0.115. The van der Waals surface area contributed by atoms with Crippen LogP contribution in [0.1, 0.15) is 49.0 Å². The molecule has 0 saturated heterocycles. The molecule has 3 aromatic rings. The molecule has 28 heavy (non-hydrogen) atoms. The van der Waals surface area contributed by atoms with E-state index in [1.807, 2.05) is 65.3 Å². The summed E-state index contributed by atoms with van der Waals surface area (Å²) in [5.74, 6) is -0.0828. The van der Waals surface area contributed by atoms with Crippen molar-refractivity contribution in [3.8, 4) is 0 Å². The van der Waals surface area contributed by atoms with Crippen LogP contribution in [0.25, 0.3) is 0 Å². The smallest absolute Gasteiger partial charge is 0.242 e. The van der Waals surface area contributed by atoms with Crippen LogP contribution < -0.4 is 5.32 Å². The standard InChI is InChI=1S/C21H23N5OS/c27-20(22-17-12-6-2-7-13-17)19(16-10-4-1-5-11-16)28-21-23-24-25-26(21)18-14-8-3-9-15-18/h1-2,4-7,10-13,18-19H,3,8-9,14-15H2,(H,22,27). The van der Waals surface area contributed by atoms with E-state index < -0.39 is 5.25 Å². The fourth-order valence-electron chi connectivity index (χ4n) is 3.55. The van der Waals surface area contributed by atoms with Crippen molar-refractivity contribution in [3.05, 3.63) is 66.2 Å². The topological polar surface area (TPSA) is 72.7 Å². The number of tetrazole rings is 1. The van der Waals surface area contributed by atoms with E-state index in [9.17, 15) is 4.79 Å². The van der Waals surface area contributed by atoms with Crippen LogP contribution in [-0.4, -0.2) is 26.1 Å². The number of amides is 1. The Morgan fingerprint density at radius 2 is 1.68 bits per heavy atom. The van der Waals surface area contributed by atoms with Crippen molar-refractivity contribution in [1.82, 2.24) is 20.2 Å². The number of para-hydroxylation sites is 1. The van der Waals surface area contributed by atoms with Crippen LogP contribution >= 0.6 is 11.8 Å². The molecular formula is C21H23N5OS. The number of aromatic nitrogens is 4. The molecule has 1 unspecified atom stereocenters. The highest BCUT2D eigenvalue weighted by Crippen LogP contribution is 2.37. The molecule has 1 atom stereocenters. The summed E-state index contributed by atoms with van der Waals surface area (Å²) in [5, 5.41) is 15.6. The Morgan fingerprint density at radius 1 is 1.00 bits per heavy atom. The second-order valence-electron chi connectivity index (χ2n) is 6.96. The highest BCUT2D eigenvalue weighted by Gasteiger charge is 2.27. The van der Waals surface area contributed by atoms with Crippen molar-refractivity contribution in [2.75, 3.05) is 5.32 Å². The van der Waals surface area contributed by atoms with Gasteiger partial charge < -0.3 is 5.32 Å². The Bertz CT molecular complexity index is 893. The molecule has 0 radical (unpaired) electrons. The molecule has 1 saturated carbocycles. The van der Waals surface area contributed by atoms with Gasteiger partial charge in [0, 0.05) is 5.69 Å². The lowest BCUT2D eigenvalue weighted by Crippen LogP contribution is -2.20. The highest BCUT2D eigenvalue weighted by atomic mass is 32.2. The predicted molar refractivity (Wildman–Crippen MR) is 110 cm³/mol. The van der Waals surface area contributed by atoms with Gasteiger partial charge in [-0.25, -0.2) is 4.68 Å². The first kappa shape index (κ1) is 18.7. The summed E-state index contributed by atoms with van der Waals surface area (Å²) >= 11 is 1.41. The fourth-order valence-corrected chi connectivity index (χ4v) is 4.60. The molecule has 4 rings (SSSR count). The fraction of sp³-hybridized carbons (Fsp3) is 0.333. The zero-order valence-electron chi connectivity index (χ0n) is 15.6. The molecule has 144 valence electrons. The number of anilines is 1. The van der Waals surface area contributed by atoms with E-state index in [1.165, 1.54) is 31.0 Å². The maximum absolute atomic E-state index is 13.1. The quantitative estimate of drug-likeness (QED) is 0.617. The summed E-state index contributed by atoms with van der Waals surface area (Å²) in [5.41, 5.74) is 1.71. The summed E-state index contributed by atoms with van der Waals surface area (Å²) in [6, 6.07) is 19.6. The van der Waals surface area contributed by atoms with E-state index in [-0.39, 0.29) is 5.91 Å². The second kappa shape index (κ2) is 9.01. The molecule has 1 aromatic heterocycles. The predicted octanol–water partition coefficient (Wildman–Crippen LogP) is 4.65. The van der Waals surface area contributed by atoms with Crippen molar-refractivity contribution < 1.29 is 4.79 Å². The number of benzene rings is 2. The number of nitrogens with one attached hydrogen (secondary N) is 1. The minimum atomic E-state index is -0.435. The van der Waals surface area contributed by atoms with Gasteiger partial charge >= 0.3 is 0 Å². The van der Waals surface area contributed by atoms with Crippen LogP contribution in [0.3, 0.4) is 0 Å². The summed E-state index contributed by atoms with van der Waals surface area (Å²) in [6.07, 6.45) is 5.85. The van der Waals surface area contributed by atoms with E-state index in [1.54, 1.807) is 0 Å². The van der Waals surface area contributed by atoms with Crippen molar-refractivity contribution in [3.63, 3.8) is 0 Å². The third-order valence-corrected chi connectivity index (χ3v) is 6.19. The number of carbonyl (C=O) groups is 1. The van der Waals surface area contributed by atoms with Crippen LogP contribution in [0.2, 0.25) is 0 Å². The largest absolute Gasteiger partial charge is 0.325 e. The first-order valence-electron chi connectivity index (χ1n) is 9.66. The minimum Gasteiger partial charge on any atom is -0.325 e. The van der Waals surface area contributed by atoms with Crippen molar-refractivity contribution >= 4 is 23.4 Å². The Balaban J connectivity index is 1.58. The molecule has 1 fully saturated rings. The van der Waals surface area contributed by atoms with Crippen molar-refractivity contribution in [2.24, 2.45) is 0 Å². The summed E-state index contributed by atoms with van der Waals surface area (Å²) < 4.78 is 1.91. The lowest BCUT2D eigenvalue weighted by Gasteiger charge is -2.23. The third-order valence-electron chi connectivity index (χ3n) is 4.99. The van der Waals surface area contributed by atoms with Gasteiger partial charge in [-0.15, -0.1) is 5.10 Å². The number of hydrogen-bond acceptors (Lipinski definition) is 5. The van der Waals surface area contributed by atoms with Gasteiger partial charge in [0.15, 0.2) is 0 Å². The lowest BCUT2D eigenvalue weighted by atomic mass is 9.96. The minimum absolute atomic E-state index is 0.0828. The van der Waals surface area contributed by atoms with Gasteiger partial charge in [0.05, 0.1) is 6.04 Å². The van der Waals surface area contributed by atoms with Crippen LogP contribution in [0.5, 0.6) is 0 Å². The van der Waals surface area contributed by atoms with E-state index in [2.05, 4.69) is 20.8 Å². The Labute approximate surface area is 168 Å². The van der Waals surface area contributed by atoms with E-state index in [4.69, 9.17) is 0 Å². The highest BCUT2D eigenvalue weighted by molar-refractivity contribution is 8.00. The molecule has 6 nitrogen and oxygen atoms in total. The molecule has 0 bridgehead atoms.